The molecule has 0 aliphatic carbocycles. The van der Waals surface area contributed by atoms with Crippen molar-refractivity contribution in [2.75, 3.05) is 6.54 Å². The third kappa shape index (κ3) is 2.50. The van der Waals surface area contributed by atoms with Gasteiger partial charge in [0.2, 0.25) is 0 Å². The van der Waals surface area contributed by atoms with Crippen LogP contribution >= 0.6 is 22.9 Å². The highest BCUT2D eigenvalue weighted by Gasteiger charge is 2.31. The zero-order valence-corrected chi connectivity index (χ0v) is 14.9. The standard InChI is InChI=1S/C16H15ClN2O2S2/c1-10-2-5-16(22-10)23(20,21)19-7-6-15-13(9-19)12-8-11(17)3-4-14(12)18-15/h2-5,8,18H,6-7,9H2,1H3. The molecular weight excluding hydrogens is 352 g/mol. The molecule has 0 saturated carbocycles. The Kier molecular flexibility index (Phi) is 3.53. The number of nitrogens with one attached hydrogen (secondary N) is 1. The van der Waals surface area contributed by atoms with E-state index in [0.29, 0.717) is 28.7 Å². The summed E-state index contributed by atoms with van der Waals surface area (Å²) in [5.74, 6) is 0. The molecule has 0 spiro atoms. The van der Waals surface area contributed by atoms with Crippen LogP contribution in [0.2, 0.25) is 5.02 Å². The van der Waals surface area contributed by atoms with Crippen molar-refractivity contribution >= 4 is 43.9 Å². The molecule has 3 heterocycles. The summed E-state index contributed by atoms with van der Waals surface area (Å²) in [4.78, 5) is 4.38. The van der Waals surface area contributed by atoms with Crippen LogP contribution in [0.5, 0.6) is 0 Å². The van der Waals surface area contributed by atoms with Gasteiger partial charge in [-0.15, -0.1) is 11.3 Å². The van der Waals surface area contributed by atoms with E-state index in [9.17, 15) is 8.42 Å². The number of aryl methyl sites for hydroxylation is 1. The molecule has 0 fully saturated rings. The lowest BCUT2D eigenvalue weighted by Gasteiger charge is -2.25. The quantitative estimate of drug-likeness (QED) is 0.746. The van der Waals surface area contributed by atoms with Crippen molar-refractivity contribution in [3.05, 3.63) is 51.5 Å². The monoisotopic (exact) mass is 366 g/mol. The lowest BCUT2D eigenvalue weighted by molar-refractivity contribution is 0.392. The first-order chi connectivity index (χ1) is 10.9. The Labute approximate surface area is 143 Å². The summed E-state index contributed by atoms with van der Waals surface area (Å²) < 4.78 is 27.6. The van der Waals surface area contributed by atoms with Gasteiger partial charge < -0.3 is 4.98 Å². The smallest absolute Gasteiger partial charge is 0.252 e. The van der Waals surface area contributed by atoms with Gasteiger partial charge in [-0.25, -0.2) is 8.42 Å². The van der Waals surface area contributed by atoms with Gasteiger partial charge in [0, 0.05) is 46.0 Å². The number of benzene rings is 1. The van der Waals surface area contributed by atoms with Crippen LogP contribution in [-0.4, -0.2) is 24.3 Å². The van der Waals surface area contributed by atoms with Crippen LogP contribution in [-0.2, 0) is 23.0 Å². The molecule has 0 radical (unpaired) electrons. The Morgan fingerprint density at radius 1 is 1.26 bits per heavy atom. The van der Waals surface area contributed by atoms with Crippen molar-refractivity contribution in [1.82, 2.24) is 9.29 Å². The number of halogens is 1. The normalized spacial score (nSPS) is 15.9. The number of H-pyrrole nitrogens is 1. The summed E-state index contributed by atoms with van der Waals surface area (Å²) in [5, 5.41) is 1.67. The fraction of sp³-hybridized carbons (Fsp3) is 0.250. The summed E-state index contributed by atoms with van der Waals surface area (Å²) in [6.45, 7) is 2.79. The van der Waals surface area contributed by atoms with Crippen molar-refractivity contribution in [3.8, 4) is 0 Å². The maximum absolute atomic E-state index is 12.8. The number of aromatic amines is 1. The molecule has 0 bridgehead atoms. The number of thiophene rings is 1. The van der Waals surface area contributed by atoms with E-state index in [-0.39, 0.29) is 0 Å². The van der Waals surface area contributed by atoms with E-state index in [1.165, 1.54) is 11.3 Å². The average molecular weight is 367 g/mol. The van der Waals surface area contributed by atoms with E-state index >= 15 is 0 Å². The second-order valence-corrected chi connectivity index (χ2v) is 9.61. The SMILES string of the molecule is Cc1ccc(S(=O)(=O)N2CCc3[nH]c4ccc(Cl)cc4c3C2)s1. The Morgan fingerprint density at radius 2 is 2.09 bits per heavy atom. The first-order valence-electron chi connectivity index (χ1n) is 7.31. The van der Waals surface area contributed by atoms with Gasteiger partial charge in [-0.1, -0.05) is 11.6 Å². The Morgan fingerprint density at radius 3 is 2.83 bits per heavy atom. The highest BCUT2D eigenvalue weighted by molar-refractivity contribution is 7.91. The van der Waals surface area contributed by atoms with Crippen molar-refractivity contribution in [2.24, 2.45) is 0 Å². The van der Waals surface area contributed by atoms with E-state index in [2.05, 4.69) is 4.98 Å². The third-order valence-electron chi connectivity index (χ3n) is 4.21. The largest absolute Gasteiger partial charge is 0.358 e. The molecule has 23 heavy (non-hydrogen) atoms. The lowest BCUT2D eigenvalue weighted by Crippen LogP contribution is -2.35. The lowest BCUT2D eigenvalue weighted by atomic mass is 10.1. The number of sulfonamides is 1. The fourth-order valence-corrected chi connectivity index (χ4v) is 6.06. The van der Waals surface area contributed by atoms with Gasteiger partial charge in [-0.05, 0) is 42.8 Å². The summed E-state index contributed by atoms with van der Waals surface area (Å²) in [6, 6.07) is 9.22. The third-order valence-corrected chi connectivity index (χ3v) is 7.76. The highest BCUT2D eigenvalue weighted by atomic mass is 35.5. The minimum absolute atomic E-state index is 0.384. The van der Waals surface area contributed by atoms with Gasteiger partial charge >= 0.3 is 0 Å². The van der Waals surface area contributed by atoms with Gasteiger partial charge in [0.1, 0.15) is 4.21 Å². The molecule has 2 aromatic heterocycles. The predicted molar refractivity (Wildman–Crippen MR) is 93.7 cm³/mol. The van der Waals surface area contributed by atoms with Gasteiger partial charge in [0.05, 0.1) is 0 Å². The van der Waals surface area contributed by atoms with Gasteiger partial charge in [0.15, 0.2) is 0 Å². The van der Waals surface area contributed by atoms with Gasteiger partial charge in [0.25, 0.3) is 10.0 Å². The van der Waals surface area contributed by atoms with Crippen LogP contribution in [0.4, 0.5) is 0 Å². The van der Waals surface area contributed by atoms with Crippen LogP contribution in [0.1, 0.15) is 16.1 Å². The zero-order chi connectivity index (χ0) is 16.2. The number of hydrogen-bond acceptors (Lipinski definition) is 3. The molecule has 4 nitrogen and oxygen atoms in total. The molecule has 4 rings (SSSR count). The van der Waals surface area contributed by atoms with Crippen LogP contribution in [0.3, 0.4) is 0 Å². The molecule has 0 unspecified atom stereocenters. The zero-order valence-electron chi connectivity index (χ0n) is 12.5. The molecule has 7 heteroatoms. The molecule has 1 N–H and O–H groups in total. The molecule has 0 atom stereocenters. The molecule has 0 saturated heterocycles. The molecule has 1 aliphatic heterocycles. The first-order valence-corrected chi connectivity index (χ1v) is 9.94. The summed E-state index contributed by atoms with van der Waals surface area (Å²) in [5.41, 5.74) is 3.15. The fourth-order valence-electron chi connectivity index (χ4n) is 3.04. The predicted octanol–water partition coefficient (Wildman–Crippen LogP) is 3.94. The van der Waals surface area contributed by atoms with Crippen LogP contribution < -0.4 is 0 Å². The van der Waals surface area contributed by atoms with Crippen molar-refractivity contribution in [2.45, 2.75) is 24.1 Å². The van der Waals surface area contributed by atoms with E-state index in [4.69, 9.17) is 11.6 Å². The van der Waals surface area contributed by atoms with E-state index in [1.807, 2.05) is 31.2 Å². The number of fused-ring (bicyclic) bond motifs is 3. The molecule has 1 aliphatic rings. The Hall–Kier alpha value is -1.34. The minimum atomic E-state index is -3.44. The average Bonchev–Trinajstić information content (AvgIpc) is 3.10. The van der Waals surface area contributed by atoms with Crippen LogP contribution in [0.25, 0.3) is 10.9 Å². The first kappa shape index (κ1) is 15.2. The molecule has 120 valence electrons. The molecule has 1 aromatic carbocycles. The molecule has 0 amide bonds. The van der Waals surface area contributed by atoms with Crippen LogP contribution in [0.15, 0.2) is 34.5 Å². The maximum Gasteiger partial charge on any atom is 0.252 e. The number of aromatic nitrogens is 1. The minimum Gasteiger partial charge on any atom is -0.358 e. The van der Waals surface area contributed by atoms with E-state index < -0.39 is 10.0 Å². The summed E-state index contributed by atoms with van der Waals surface area (Å²) >= 11 is 7.42. The molecule has 3 aromatic rings. The van der Waals surface area contributed by atoms with E-state index in [1.54, 1.807) is 10.4 Å². The summed E-state index contributed by atoms with van der Waals surface area (Å²) in [6.07, 6.45) is 0.686. The van der Waals surface area contributed by atoms with Crippen molar-refractivity contribution in [3.63, 3.8) is 0 Å². The topological polar surface area (TPSA) is 53.2 Å². The number of rotatable bonds is 2. The van der Waals surface area contributed by atoms with Crippen molar-refractivity contribution < 1.29 is 8.42 Å². The van der Waals surface area contributed by atoms with Crippen molar-refractivity contribution in [1.29, 1.82) is 0 Å². The second-order valence-electron chi connectivity index (χ2n) is 5.73. The maximum atomic E-state index is 12.8. The Balaban J connectivity index is 1.76. The summed E-state index contributed by atoms with van der Waals surface area (Å²) in [7, 11) is -3.44. The van der Waals surface area contributed by atoms with Gasteiger partial charge in [-0.3, -0.25) is 0 Å². The highest BCUT2D eigenvalue weighted by Crippen LogP contribution is 2.33. The van der Waals surface area contributed by atoms with Gasteiger partial charge in [-0.2, -0.15) is 4.31 Å². The Bertz CT molecular complexity index is 1000. The van der Waals surface area contributed by atoms with E-state index in [0.717, 1.165) is 27.0 Å². The van der Waals surface area contributed by atoms with Crippen LogP contribution in [0, 0.1) is 6.92 Å². The number of hydrogen-bond donors (Lipinski definition) is 1. The second kappa shape index (κ2) is 5.34. The molecular formula is C16H15ClN2O2S2. The number of nitrogens with zero attached hydrogens (tertiary/aromatic N) is 1.